The van der Waals surface area contributed by atoms with Gasteiger partial charge in [-0.1, -0.05) is 54.6 Å². The quantitative estimate of drug-likeness (QED) is 0.550. The molecule has 0 aliphatic carbocycles. The topological polar surface area (TPSA) is 0 Å². The molecule has 3 aromatic rings. The Labute approximate surface area is 120 Å². The van der Waals surface area contributed by atoms with Crippen LogP contribution in [0.2, 0.25) is 0 Å². The molecule has 0 spiro atoms. The average molecular weight is 284 g/mol. The first kappa shape index (κ1) is 13.4. The van der Waals surface area contributed by atoms with E-state index < -0.39 is 17.5 Å². The van der Waals surface area contributed by atoms with Crippen LogP contribution in [0.15, 0.2) is 66.7 Å². The fourth-order valence-corrected chi connectivity index (χ4v) is 2.22. The maximum atomic E-state index is 13.8. The maximum absolute atomic E-state index is 13.8. The molecular formula is C18H11F3. The molecule has 0 N–H and O–H groups in total. The van der Waals surface area contributed by atoms with Crippen LogP contribution in [0.4, 0.5) is 13.2 Å². The van der Waals surface area contributed by atoms with Gasteiger partial charge >= 0.3 is 0 Å². The zero-order valence-electron chi connectivity index (χ0n) is 11.0. The van der Waals surface area contributed by atoms with Crippen LogP contribution >= 0.6 is 0 Å². The molecule has 0 unspecified atom stereocenters. The number of benzene rings is 3. The van der Waals surface area contributed by atoms with Gasteiger partial charge in [-0.15, -0.1) is 0 Å². The van der Waals surface area contributed by atoms with Crippen molar-refractivity contribution in [1.82, 2.24) is 0 Å². The van der Waals surface area contributed by atoms with Crippen molar-refractivity contribution in [3.05, 3.63) is 84.2 Å². The normalized spacial score (nSPS) is 10.6. The first-order valence-corrected chi connectivity index (χ1v) is 6.46. The van der Waals surface area contributed by atoms with E-state index in [-0.39, 0.29) is 5.56 Å². The zero-order chi connectivity index (χ0) is 14.8. The van der Waals surface area contributed by atoms with Crippen LogP contribution in [0, 0.1) is 17.5 Å². The van der Waals surface area contributed by atoms with E-state index in [4.69, 9.17) is 0 Å². The van der Waals surface area contributed by atoms with Gasteiger partial charge in [0.05, 0.1) is 0 Å². The van der Waals surface area contributed by atoms with Crippen molar-refractivity contribution in [2.45, 2.75) is 0 Å². The van der Waals surface area contributed by atoms with E-state index in [2.05, 4.69) is 0 Å². The van der Waals surface area contributed by atoms with Gasteiger partial charge in [-0.3, -0.25) is 0 Å². The minimum atomic E-state index is -1.44. The number of hydrogen-bond acceptors (Lipinski definition) is 0. The van der Waals surface area contributed by atoms with E-state index in [1.165, 1.54) is 6.07 Å². The van der Waals surface area contributed by atoms with Gasteiger partial charge < -0.3 is 0 Å². The van der Waals surface area contributed by atoms with Gasteiger partial charge in [0.1, 0.15) is 0 Å². The van der Waals surface area contributed by atoms with E-state index in [0.29, 0.717) is 5.56 Å². The molecule has 3 aromatic carbocycles. The van der Waals surface area contributed by atoms with Crippen molar-refractivity contribution in [1.29, 1.82) is 0 Å². The molecule has 0 nitrogen and oxygen atoms in total. The van der Waals surface area contributed by atoms with Gasteiger partial charge in [0.2, 0.25) is 0 Å². The molecule has 0 saturated heterocycles. The minimum absolute atomic E-state index is 0.0495. The highest BCUT2D eigenvalue weighted by Gasteiger charge is 2.14. The Kier molecular flexibility index (Phi) is 3.48. The lowest BCUT2D eigenvalue weighted by atomic mass is 10.00. The Hall–Kier alpha value is -2.55. The summed E-state index contributed by atoms with van der Waals surface area (Å²) in [6.45, 7) is 0. The Bertz CT molecular complexity index is 762. The second-order valence-corrected chi connectivity index (χ2v) is 4.67. The molecule has 3 heteroatoms. The third kappa shape index (κ3) is 2.55. The van der Waals surface area contributed by atoms with E-state index in [0.717, 1.165) is 17.2 Å². The molecule has 0 radical (unpaired) electrons. The Balaban J connectivity index is 2.01. The zero-order valence-corrected chi connectivity index (χ0v) is 11.0. The summed E-state index contributed by atoms with van der Waals surface area (Å²) < 4.78 is 40.0. The molecule has 0 aromatic heterocycles. The summed E-state index contributed by atoms with van der Waals surface area (Å²) >= 11 is 0. The highest BCUT2D eigenvalue weighted by molar-refractivity contribution is 5.70. The highest BCUT2D eigenvalue weighted by Crippen LogP contribution is 2.28. The molecule has 0 fully saturated rings. The van der Waals surface area contributed by atoms with Gasteiger partial charge in [-0.2, -0.15) is 0 Å². The second-order valence-electron chi connectivity index (χ2n) is 4.67. The average Bonchev–Trinajstić information content (AvgIpc) is 2.54. The molecule has 0 aliphatic heterocycles. The van der Waals surface area contributed by atoms with Crippen LogP contribution in [0.1, 0.15) is 0 Å². The molecule has 0 saturated carbocycles. The van der Waals surface area contributed by atoms with Gasteiger partial charge in [-0.25, -0.2) is 13.2 Å². The molecule has 0 amide bonds. The third-order valence-electron chi connectivity index (χ3n) is 3.34. The molecule has 0 heterocycles. The summed E-state index contributed by atoms with van der Waals surface area (Å²) in [5.74, 6) is -3.79. The lowest BCUT2D eigenvalue weighted by molar-refractivity contribution is 0.449. The Morgan fingerprint density at radius 3 is 1.71 bits per heavy atom. The SMILES string of the molecule is Fc1ccc(-c2ccc(-c3ccccc3)cc2)c(F)c1F. The van der Waals surface area contributed by atoms with Crippen LogP contribution in [-0.4, -0.2) is 0 Å². The van der Waals surface area contributed by atoms with E-state index in [1.54, 1.807) is 12.1 Å². The van der Waals surface area contributed by atoms with Crippen molar-refractivity contribution >= 4 is 0 Å². The van der Waals surface area contributed by atoms with Crippen molar-refractivity contribution in [3.8, 4) is 22.3 Å². The van der Waals surface area contributed by atoms with Gasteiger partial charge in [0, 0.05) is 5.56 Å². The summed E-state index contributed by atoms with van der Waals surface area (Å²) in [7, 11) is 0. The van der Waals surface area contributed by atoms with Crippen LogP contribution in [0.5, 0.6) is 0 Å². The summed E-state index contributed by atoms with van der Waals surface area (Å²) in [5, 5.41) is 0. The molecule has 0 bridgehead atoms. The van der Waals surface area contributed by atoms with Gasteiger partial charge in [0.15, 0.2) is 17.5 Å². The summed E-state index contributed by atoms with van der Waals surface area (Å²) in [4.78, 5) is 0. The van der Waals surface area contributed by atoms with Crippen molar-refractivity contribution in [3.63, 3.8) is 0 Å². The van der Waals surface area contributed by atoms with E-state index >= 15 is 0 Å². The first-order chi connectivity index (χ1) is 10.2. The van der Waals surface area contributed by atoms with Gasteiger partial charge in [0.25, 0.3) is 0 Å². The molecule has 0 aliphatic rings. The smallest absolute Gasteiger partial charge is 0.195 e. The van der Waals surface area contributed by atoms with Crippen LogP contribution in [0.25, 0.3) is 22.3 Å². The number of halogens is 3. The summed E-state index contributed by atoms with van der Waals surface area (Å²) in [6, 6.07) is 18.9. The fourth-order valence-electron chi connectivity index (χ4n) is 2.22. The Morgan fingerprint density at radius 2 is 1.05 bits per heavy atom. The second kappa shape index (κ2) is 5.44. The molecule has 21 heavy (non-hydrogen) atoms. The summed E-state index contributed by atoms with van der Waals surface area (Å²) in [5.41, 5.74) is 2.57. The van der Waals surface area contributed by atoms with E-state index in [1.807, 2.05) is 42.5 Å². The largest absolute Gasteiger partial charge is 0.204 e. The predicted molar refractivity (Wildman–Crippen MR) is 77.2 cm³/mol. The highest BCUT2D eigenvalue weighted by atomic mass is 19.2. The van der Waals surface area contributed by atoms with Crippen LogP contribution in [0.3, 0.4) is 0 Å². The lowest BCUT2D eigenvalue weighted by Crippen LogP contribution is -1.93. The maximum Gasteiger partial charge on any atom is 0.195 e. The van der Waals surface area contributed by atoms with Crippen molar-refractivity contribution in [2.24, 2.45) is 0 Å². The van der Waals surface area contributed by atoms with Crippen LogP contribution < -0.4 is 0 Å². The lowest BCUT2D eigenvalue weighted by Gasteiger charge is -2.07. The predicted octanol–water partition coefficient (Wildman–Crippen LogP) is 5.44. The van der Waals surface area contributed by atoms with E-state index in [9.17, 15) is 13.2 Å². The Morgan fingerprint density at radius 1 is 0.476 bits per heavy atom. The molecule has 104 valence electrons. The third-order valence-corrected chi connectivity index (χ3v) is 3.34. The fraction of sp³-hybridized carbons (Fsp3) is 0. The molecular weight excluding hydrogens is 273 g/mol. The first-order valence-electron chi connectivity index (χ1n) is 6.46. The monoisotopic (exact) mass is 284 g/mol. The number of rotatable bonds is 2. The van der Waals surface area contributed by atoms with Gasteiger partial charge in [-0.05, 0) is 28.8 Å². The molecule has 0 atom stereocenters. The van der Waals surface area contributed by atoms with Crippen molar-refractivity contribution in [2.75, 3.05) is 0 Å². The molecule has 3 rings (SSSR count). The standard InChI is InChI=1S/C18H11F3/c19-16-11-10-15(17(20)18(16)21)14-8-6-13(7-9-14)12-4-2-1-3-5-12/h1-11H. The number of hydrogen-bond donors (Lipinski definition) is 0. The van der Waals surface area contributed by atoms with Crippen LogP contribution in [-0.2, 0) is 0 Å². The van der Waals surface area contributed by atoms with Crippen molar-refractivity contribution < 1.29 is 13.2 Å². The summed E-state index contributed by atoms with van der Waals surface area (Å²) in [6.07, 6.45) is 0. The minimum Gasteiger partial charge on any atom is -0.204 e.